The molecule has 1 heterocycles. The van der Waals surface area contributed by atoms with Gasteiger partial charge in [-0.15, -0.1) is 0 Å². The van der Waals surface area contributed by atoms with E-state index in [4.69, 9.17) is 16.0 Å². The fourth-order valence-corrected chi connectivity index (χ4v) is 1.83. The Balaban J connectivity index is 2.94. The zero-order valence-corrected chi connectivity index (χ0v) is 9.04. The second kappa shape index (κ2) is 3.00. The predicted molar refractivity (Wildman–Crippen MR) is 53.6 cm³/mol. The van der Waals surface area contributed by atoms with Gasteiger partial charge < -0.3 is 4.42 Å². The van der Waals surface area contributed by atoms with Crippen LogP contribution < -0.4 is 0 Å². The van der Waals surface area contributed by atoms with Gasteiger partial charge in [0.2, 0.25) is 0 Å². The van der Waals surface area contributed by atoms with Crippen LogP contribution in [0.2, 0.25) is 5.02 Å². The number of hydrogen-bond donors (Lipinski definition) is 0. The molecular formula is C9H5BrClFO. The van der Waals surface area contributed by atoms with E-state index in [9.17, 15) is 4.39 Å². The van der Waals surface area contributed by atoms with Gasteiger partial charge in [0.05, 0.1) is 5.02 Å². The van der Waals surface area contributed by atoms with Gasteiger partial charge in [-0.05, 0) is 35.0 Å². The molecule has 2 rings (SSSR count). The van der Waals surface area contributed by atoms with Gasteiger partial charge in [-0.2, -0.15) is 0 Å². The molecule has 0 aliphatic carbocycles. The molecule has 0 N–H and O–H groups in total. The first-order valence-electron chi connectivity index (χ1n) is 3.63. The van der Waals surface area contributed by atoms with Crippen molar-refractivity contribution in [3.63, 3.8) is 0 Å². The highest BCUT2D eigenvalue weighted by molar-refractivity contribution is 9.10. The first kappa shape index (κ1) is 9.03. The number of hydrogen-bond acceptors (Lipinski definition) is 1. The maximum atomic E-state index is 12.9. The van der Waals surface area contributed by atoms with E-state index in [1.807, 2.05) is 6.92 Å². The fourth-order valence-electron chi connectivity index (χ4n) is 1.21. The molecular weight excluding hydrogens is 258 g/mol. The highest BCUT2D eigenvalue weighted by Gasteiger charge is 2.12. The average molecular weight is 263 g/mol. The quantitative estimate of drug-likeness (QED) is 0.691. The summed E-state index contributed by atoms with van der Waals surface area (Å²) in [5, 5.41) is 1.00. The Morgan fingerprint density at radius 2 is 2.15 bits per heavy atom. The first-order chi connectivity index (χ1) is 6.09. The molecule has 0 bridgehead atoms. The van der Waals surface area contributed by atoms with Crippen molar-refractivity contribution in [2.45, 2.75) is 6.92 Å². The molecule has 0 radical (unpaired) electrons. The van der Waals surface area contributed by atoms with Crippen LogP contribution in [0.4, 0.5) is 4.39 Å². The lowest BCUT2D eigenvalue weighted by Crippen LogP contribution is -1.75. The zero-order valence-electron chi connectivity index (χ0n) is 6.70. The van der Waals surface area contributed by atoms with Crippen LogP contribution in [-0.2, 0) is 0 Å². The van der Waals surface area contributed by atoms with Crippen molar-refractivity contribution < 1.29 is 8.81 Å². The third kappa shape index (κ3) is 1.36. The number of furan rings is 1. The van der Waals surface area contributed by atoms with Gasteiger partial charge in [-0.25, -0.2) is 4.39 Å². The molecule has 0 saturated heterocycles. The standard InChI is InChI=1S/C9H5BrClFO/c1-4-6-2-5(12)3-7(11)8(6)13-9(4)10/h2-3H,1H3. The Morgan fingerprint density at radius 3 is 2.85 bits per heavy atom. The van der Waals surface area contributed by atoms with E-state index in [0.29, 0.717) is 20.7 Å². The highest BCUT2D eigenvalue weighted by atomic mass is 79.9. The summed E-state index contributed by atoms with van der Waals surface area (Å²) in [7, 11) is 0. The van der Waals surface area contributed by atoms with Crippen LogP contribution in [0.25, 0.3) is 11.0 Å². The normalized spacial score (nSPS) is 11.1. The van der Waals surface area contributed by atoms with Crippen molar-refractivity contribution in [3.8, 4) is 0 Å². The van der Waals surface area contributed by atoms with E-state index in [1.54, 1.807) is 0 Å². The van der Waals surface area contributed by atoms with Gasteiger partial charge in [0.25, 0.3) is 0 Å². The van der Waals surface area contributed by atoms with Crippen molar-refractivity contribution in [1.29, 1.82) is 0 Å². The Bertz CT molecular complexity index is 478. The van der Waals surface area contributed by atoms with E-state index in [0.717, 1.165) is 5.56 Å². The monoisotopic (exact) mass is 262 g/mol. The van der Waals surface area contributed by atoms with Crippen LogP contribution in [0.15, 0.2) is 21.2 Å². The molecule has 1 nitrogen and oxygen atoms in total. The minimum absolute atomic E-state index is 0.295. The number of fused-ring (bicyclic) bond motifs is 1. The third-order valence-electron chi connectivity index (χ3n) is 1.90. The third-order valence-corrected chi connectivity index (χ3v) is 2.94. The van der Waals surface area contributed by atoms with Gasteiger partial charge in [-0.3, -0.25) is 0 Å². The summed E-state index contributed by atoms with van der Waals surface area (Å²) in [6.45, 7) is 1.84. The summed E-state index contributed by atoms with van der Waals surface area (Å²) in [5.41, 5.74) is 1.38. The van der Waals surface area contributed by atoms with E-state index < -0.39 is 0 Å². The van der Waals surface area contributed by atoms with Crippen molar-refractivity contribution in [1.82, 2.24) is 0 Å². The molecule has 68 valence electrons. The number of halogens is 3. The van der Waals surface area contributed by atoms with Gasteiger partial charge in [0.1, 0.15) is 5.82 Å². The molecule has 0 fully saturated rings. The zero-order chi connectivity index (χ0) is 9.59. The number of benzene rings is 1. The minimum Gasteiger partial charge on any atom is -0.447 e. The van der Waals surface area contributed by atoms with Crippen molar-refractivity contribution in [2.24, 2.45) is 0 Å². The lowest BCUT2D eigenvalue weighted by molar-refractivity contribution is 0.582. The highest BCUT2D eigenvalue weighted by Crippen LogP contribution is 2.34. The van der Waals surface area contributed by atoms with Crippen LogP contribution in [0.5, 0.6) is 0 Å². The Morgan fingerprint density at radius 1 is 1.46 bits per heavy atom. The molecule has 0 aliphatic rings. The average Bonchev–Trinajstić information content (AvgIpc) is 2.32. The van der Waals surface area contributed by atoms with Crippen molar-refractivity contribution in [2.75, 3.05) is 0 Å². The molecule has 0 amide bonds. The second-order valence-electron chi connectivity index (χ2n) is 2.77. The van der Waals surface area contributed by atoms with Crippen molar-refractivity contribution >= 4 is 38.5 Å². The molecule has 0 atom stereocenters. The summed E-state index contributed by atoms with van der Waals surface area (Å²) in [5.74, 6) is -0.353. The van der Waals surface area contributed by atoms with Gasteiger partial charge >= 0.3 is 0 Å². The number of rotatable bonds is 0. The predicted octanol–water partition coefficient (Wildman–Crippen LogP) is 4.30. The largest absolute Gasteiger partial charge is 0.447 e. The van der Waals surface area contributed by atoms with Gasteiger partial charge in [0.15, 0.2) is 10.3 Å². The number of aryl methyl sites for hydroxylation is 1. The fraction of sp³-hybridized carbons (Fsp3) is 0.111. The molecule has 0 aliphatic heterocycles. The molecule has 1 aromatic carbocycles. The van der Waals surface area contributed by atoms with Crippen LogP contribution in [0.3, 0.4) is 0 Å². The summed E-state index contributed by atoms with van der Waals surface area (Å²) in [4.78, 5) is 0. The van der Waals surface area contributed by atoms with Crippen LogP contribution in [-0.4, -0.2) is 0 Å². The molecule has 0 unspecified atom stereocenters. The smallest absolute Gasteiger partial charge is 0.173 e. The van der Waals surface area contributed by atoms with E-state index in [-0.39, 0.29) is 5.82 Å². The Kier molecular flexibility index (Phi) is 2.08. The lowest BCUT2D eigenvalue weighted by atomic mass is 10.2. The van der Waals surface area contributed by atoms with E-state index in [1.165, 1.54) is 12.1 Å². The summed E-state index contributed by atoms with van der Waals surface area (Å²) in [6, 6.07) is 2.64. The Labute approximate surface area is 87.6 Å². The molecule has 0 saturated carbocycles. The molecule has 2 aromatic rings. The SMILES string of the molecule is Cc1c(Br)oc2c(Cl)cc(F)cc12. The van der Waals surface area contributed by atoms with Crippen LogP contribution >= 0.6 is 27.5 Å². The van der Waals surface area contributed by atoms with Crippen LogP contribution in [0, 0.1) is 12.7 Å². The maximum absolute atomic E-state index is 12.9. The van der Waals surface area contributed by atoms with Gasteiger partial charge in [-0.1, -0.05) is 11.6 Å². The summed E-state index contributed by atoms with van der Waals surface area (Å²) < 4.78 is 18.8. The molecule has 13 heavy (non-hydrogen) atoms. The topological polar surface area (TPSA) is 13.1 Å². The first-order valence-corrected chi connectivity index (χ1v) is 4.80. The summed E-state index contributed by atoms with van der Waals surface area (Å²) >= 11 is 9.01. The van der Waals surface area contributed by atoms with E-state index in [2.05, 4.69) is 15.9 Å². The molecule has 4 heteroatoms. The van der Waals surface area contributed by atoms with E-state index >= 15 is 0 Å². The van der Waals surface area contributed by atoms with Crippen molar-refractivity contribution in [3.05, 3.63) is 33.2 Å². The second-order valence-corrected chi connectivity index (χ2v) is 3.89. The van der Waals surface area contributed by atoms with Gasteiger partial charge in [0, 0.05) is 10.9 Å². The summed E-state index contributed by atoms with van der Waals surface area (Å²) in [6.07, 6.45) is 0. The lowest BCUT2D eigenvalue weighted by Gasteiger charge is -1.93. The maximum Gasteiger partial charge on any atom is 0.173 e. The minimum atomic E-state index is -0.353. The molecule has 1 aromatic heterocycles. The molecule has 0 spiro atoms. The Hall–Kier alpha value is -0.540. The van der Waals surface area contributed by atoms with Crippen LogP contribution in [0.1, 0.15) is 5.56 Å².